The van der Waals surface area contributed by atoms with Gasteiger partial charge in [0.1, 0.15) is 5.60 Å². The molecule has 0 fully saturated rings. The van der Waals surface area contributed by atoms with Crippen molar-refractivity contribution < 1.29 is 9.53 Å². The van der Waals surface area contributed by atoms with Crippen LogP contribution >= 0.6 is 0 Å². The molecule has 2 aromatic rings. The predicted molar refractivity (Wildman–Crippen MR) is 79.8 cm³/mol. The summed E-state index contributed by atoms with van der Waals surface area (Å²) in [6.07, 6.45) is 3.15. The smallest absolute Gasteiger partial charge is 0.422 e. The third-order valence-electron chi connectivity index (χ3n) is 2.54. The zero-order valence-corrected chi connectivity index (χ0v) is 12.5. The first-order valence-corrected chi connectivity index (χ1v) is 6.75. The van der Waals surface area contributed by atoms with Gasteiger partial charge >= 0.3 is 6.09 Å². The van der Waals surface area contributed by atoms with Crippen LogP contribution < -0.4 is 10.9 Å². The highest BCUT2D eigenvalue weighted by atomic mass is 16.6. The van der Waals surface area contributed by atoms with E-state index in [2.05, 4.69) is 16.0 Å². The monoisotopic (exact) mass is 288 g/mol. The van der Waals surface area contributed by atoms with Crippen molar-refractivity contribution >= 4 is 6.09 Å². The fourth-order valence-electron chi connectivity index (χ4n) is 1.70. The lowest BCUT2D eigenvalue weighted by molar-refractivity contribution is 0.0497. The fourth-order valence-corrected chi connectivity index (χ4v) is 1.70. The number of hydrogen-bond donors (Lipinski definition) is 2. The van der Waals surface area contributed by atoms with E-state index in [1.54, 1.807) is 10.9 Å². The fraction of sp³-hybridized carbons (Fsp3) is 0.333. The number of carbonyl (C=O) groups is 1. The topological polar surface area (TPSA) is 68.2 Å². The number of para-hydroxylation sites is 1. The number of amides is 1. The number of carbonyl (C=O) groups excluding carboxylic acids is 1. The second kappa shape index (κ2) is 6.41. The molecule has 0 bridgehead atoms. The van der Waals surface area contributed by atoms with Gasteiger partial charge in [0.05, 0.1) is 11.9 Å². The number of hydrogen-bond acceptors (Lipinski definition) is 4. The molecule has 112 valence electrons. The number of nitrogens with one attached hydrogen (secondary N) is 2. The molecule has 0 aliphatic heterocycles. The predicted octanol–water partition coefficient (Wildman–Crippen LogP) is 2.40. The van der Waals surface area contributed by atoms with E-state index in [9.17, 15) is 4.79 Å². The minimum Gasteiger partial charge on any atom is -0.443 e. The van der Waals surface area contributed by atoms with E-state index in [0.717, 1.165) is 11.3 Å². The average Bonchev–Trinajstić information content (AvgIpc) is 2.86. The number of hydrazine groups is 1. The van der Waals surface area contributed by atoms with Gasteiger partial charge in [-0.1, -0.05) is 18.2 Å². The van der Waals surface area contributed by atoms with Crippen molar-refractivity contribution in [1.29, 1.82) is 0 Å². The third kappa shape index (κ3) is 4.92. The average molecular weight is 288 g/mol. The molecule has 1 aromatic heterocycles. The van der Waals surface area contributed by atoms with Crippen LogP contribution in [0.5, 0.6) is 0 Å². The molecule has 1 amide bonds. The number of rotatable bonds is 4. The highest BCUT2D eigenvalue weighted by Crippen LogP contribution is 2.08. The Morgan fingerprint density at radius 3 is 2.67 bits per heavy atom. The molecule has 0 spiro atoms. The van der Waals surface area contributed by atoms with Crippen molar-refractivity contribution in [1.82, 2.24) is 20.6 Å². The van der Waals surface area contributed by atoms with Crippen molar-refractivity contribution in [3.63, 3.8) is 0 Å². The maximum Gasteiger partial charge on any atom is 0.422 e. The SMILES string of the molecule is CC(C)(C)OC(=O)NNCc1cnn(-c2ccccc2)c1. The molecule has 21 heavy (non-hydrogen) atoms. The molecule has 0 unspecified atom stereocenters. The van der Waals surface area contributed by atoms with Crippen LogP contribution in [0.4, 0.5) is 4.79 Å². The second-order valence-corrected chi connectivity index (χ2v) is 5.61. The van der Waals surface area contributed by atoms with Gasteiger partial charge in [-0.2, -0.15) is 5.10 Å². The van der Waals surface area contributed by atoms with Gasteiger partial charge in [0.15, 0.2) is 0 Å². The molecule has 0 aliphatic carbocycles. The lowest BCUT2D eigenvalue weighted by Gasteiger charge is -2.19. The molecular weight excluding hydrogens is 268 g/mol. The Kier molecular flexibility index (Phi) is 4.59. The van der Waals surface area contributed by atoms with Gasteiger partial charge < -0.3 is 4.74 Å². The Bertz CT molecular complexity index is 587. The minimum atomic E-state index is -0.510. The summed E-state index contributed by atoms with van der Waals surface area (Å²) in [6, 6.07) is 9.82. The quantitative estimate of drug-likeness (QED) is 0.848. The molecule has 6 heteroatoms. The van der Waals surface area contributed by atoms with Crippen molar-refractivity contribution in [3.05, 3.63) is 48.3 Å². The summed E-state index contributed by atoms with van der Waals surface area (Å²) in [4.78, 5) is 11.5. The number of aromatic nitrogens is 2. The van der Waals surface area contributed by atoms with Crippen molar-refractivity contribution in [3.8, 4) is 5.69 Å². The van der Waals surface area contributed by atoms with E-state index < -0.39 is 11.7 Å². The second-order valence-electron chi connectivity index (χ2n) is 5.61. The van der Waals surface area contributed by atoms with E-state index in [0.29, 0.717) is 6.54 Å². The van der Waals surface area contributed by atoms with Crippen LogP contribution in [0.2, 0.25) is 0 Å². The molecule has 0 saturated carbocycles. The third-order valence-corrected chi connectivity index (χ3v) is 2.54. The lowest BCUT2D eigenvalue weighted by atomic mass is 10.2. The van der Waals surface area contributed by atoms with Crippen molar-refractivity contribution in [2.24, 2.45) is 0 Å². The van der Waals surface area contributed by atoms with Crippen molar-refractivity contribution in [2.45, 2.75) is 32.9 Å². The van der Waals surface area contributed by atoms with Crippen LogP contribution in [0.3, 0.4) is 0 Å². The highest BCUT2D eigenvalue weighted by molar-refractivity contribution is 5.66. The van der Waals surface area contributed by atoms with Crippen LogP contribution in [0.15, 0.2) is 42.7 Å². The normalized spacial score (nSPS) is 11.2. The van der Waals surface area contributed by atoms with Gasteiger partial charge in [0, 0.05) is 18.3 Å². The van der Waals surface area contributed by atoms with Gasteiger partial charge in [-0.25, -0.2) is 14.9 Å². The summed E-state index contributed by atoms with van der Waals surface area (Å²) in [6.45, 7) is 5.91. The molecule has 0 aliphatic rings. The summed E-state index contributed by atoms with van der Waals surface area (Å²) in [7, 11) is 0. The van der Waals surface area contributed by atoms with E-state index in [1.165, 1.54) is 0 Å². The summed E-state index contributed by atoms with van der Waals surface area (Å²) >= 11 is 0. The Morgan fingerprint density at radius 1 is 1.29 bits per heavy atom. The summed E-state index contributed by atoms with van der Waals surface area (Å²) in [5.74, 6) is 0. The van der Waals surface area contributed by atoms with Gasteiger partial charge in [0.2, 0.25) is 0 Å². The zero-order chi connectivity index (χ0) is 15.3. The molecule has 0 saturated heterocycles. The van der Waals surface area contributed by atoms with E-state index in [-0.39, 0.29) is 0 Å². The molecule has 6 nitrogen and oxygen atoms in total. The molecule has 2 rings (SSSR count). The van der Waals surface area contributed by atoms with E-state index >= 15 is 0 Å². The Balaban J connectivity index is 1.83. The molecule has 2 N–H and O–H groups in total. The lowest BCUT2D eigenvalue weighted by Crippen LogP contribution is -2.40. The standard InChI is InChI=1S/C15H20N4O2/c1-15(2,3)21-14(20)18-16-9-12-10-17-19(11-12)13-7-5-4-6-8-13/h4-8,10-11,16H,9H2,1-3H3,(H,18,20). The zero-order valence-electron chi connectivity index (χ0n) is 12.5. The highest BCUT2D eigenvalue weighted by Gasteiger charge is 2.15. The van der Waals surface area contributed by atoms with Crippen LogP contribution in [-0.2, 0) is 11.3 Å². The first kappa shape index (κ1) is 15.1. The summed E-state index contributed by atoms with van der Waals surface area (Å²) in [5.41, 5.74) is 6.73. The molecule has 0 radical (unpaired) electrons. The first-order chi connectivity index (χ1) is 9.94. The number of nitrogens with zero attached hydrogens (tertiary/aromatic N) is 2. The van der Waals surface area contributed by atoms with Crippen LogP contribution in [0.1, 0.15) is 26.3 Å². The van der Waals surface area contributed by atoms with Gasteiger partial charge in [-0.15, -0.1) is 0 Å². The molecule has 1 aromatic carbocycles. The molecule has 1 heterocycles. The van der Waals surface area contributed by atoms with Crippen LogP contribution in [-0.4, -0.2) is 21.5 Å². The Labute approximate surface area is 124 Å². The molecular formula is C15H20N4O2. The van der Waals surface area contributed by atoms with Crippen molar-refractivity contribution in [2.75, 3.05) is 0 Å². The minimum absolute atomic E-state index is 0.464. The Hall–Kier alpha value is -2.34. The Morgan fingerprint density at radius 2 is 2.00 bits per heavy atom. The molecule has 0 atom stereocenters. The first-order valence-electron chi connectivity index (χ1n) is 6.75. The van der Waals surface area contributed by atoms with Gasteiger partial charge in [-0.3, -0.25) is 5.43 Å². The van der Waals surface area contributed by atoms with Crippen LogP contribution in [0.25, 0.3) is 5.69 Å². The van der Waals surface area contributed by atoms with Gasteiger partial charge in [-0.05, 0) is 32.9 Å². The van der Waals surface area contributed by atoms with Crippen LogP contribution in [0, 0.1) is 0 Å². The number of ether oxygens (including phenoxy) is 1. The largest absolute Gasteiger partial charge is 0.443 e. The van der Waals surface area contributed by atoms with E-state index in [1.807, 2.05) is 57.3 Å². The summed E-state index contributed by atoms with van der Waals surface area (Å²) < 4.78 is 6.90. The van der Waals surface area contributed by atoms with Gasteiger partial charge in [0.25, 0.3) is 0 Å². The maximum atomic E-state index is 11.5. The summed E-state index contributed by atoms with van der Waals surface area (Å²) in [5, 5.41) is 4.28. The number of benzene rings is 1. The maximum absolute atomic E-state index is 11.5. The van der Waals surface area contributed by atoms with E-state index in [4.69, 9.17) is 4.74 Å².